The van der Waals surface area contributed by atoms with Gasteiger partial charge in [0.05, 0.1) is 6.61 Å². The summed E-state index contributed by atoms with van der Waals surface area (Å²) >= 11 is 0. The Morgan fingerprint density at radius 3 is 1.81 bits per heavy atom. The Balaban J connectivity index is 4.21. The van der Waals surface area contributed by atoms with Crippen LogP contribution in [0.15, 0.2) is 0 Å². The Kier molecular flexibility index (Phi) is 8.90. The van der Waals surface area contributed by atoms with Crippen LogP contribution < -0.4 is 5.32 Å². The van der Waals surface area contributed by atoms with Crippen LogP contribution >= 0.6 is 0 Å². The maximum atomic E-state index is 5.26. The molecule has 0 aromatic carbocycles. The third kappa shape index (κ3) is 6.46. The summed E-state index contributed by atoms with van der Waals surface area (Å²) < 4.78 is 10.4. The van der Waals surface area contributed by atoms with Crippen LogP contribution in [0.2, 0.25) is 0 Å². The normalized spacial score (nSPS) is 15.8. The van der Waals surface area contributed by atoms with Crippen LogP contribution in [0.3, 0.4) is 0 Å². The molecule has 0 spiro atoms. The Labute approximate surface area is 101 Å². The standard InChI is InChI=1S/C13H29NO2/c1-10(2)12(7-8-15-5)14-13(9-16-6)11(3)4/h10-14H,7-9H2,1-6H3. The fourth-order valence-electron chi connectivity index (χ4n) is 1.74. The lowest BCUT2D eigenvalue weighted by Gasteiger charge is -2.30. The zero-order chi connectivity index (χ0) is 12.6. The van der Waals surface area contributed by atoms with E-state index in [0.29, 0.717) is 23.9 Å². The van der Waals surface area contributed by atoms with Crippen molar-refractivity contribution in [3.05, 3.63) is 0 Å². The number of hydrogen-bond acceptors (Lipinski definition) is 3. The molecule has 3 heteroatoms. The number of hydrogen-bond donors (Lipinski definition) is 1. The van der Waals surface area contributed by atoms with Gasteiger partial charge < -0.3 is 14.8 Å². The molecule has 0 rings (SSSR count). The quantitative estimate of drug-likeness (QED) is 0.660. The summed E-state index contributed by atoms with van der Waals surface area (Å²) in [6, 6.07) is 0.928. The van der Waals surface area contributed by atoms with Crippen LogP contribution in [0.1, 0.15) is 34.1 Å². The Hall–Kier alpha value is -0.120. The molecule has 0 aromatic rings. The van der Waals surface area contributed by atoms with Gasteiger partial charge in [0.15, 0.2) is 0 Å². The van der Waals surface area contributed by atoms with Gasteiger partial charge in [-0.2, -0.15) is 0 Å². The predicted octanol–water partition coefficient (Wildman–Crippen LogP) is 2.31. The van der Waals surface area contributed by atoms with E-state index in [9.17, 15) is 0 Å². The van der Waals surface area contributed by atoms with E-state index in [2.05, 4.69) is 33.0 Å². The molecular formula is C13H29NO2. The minimum atomic E-state index is 0.425. The van der Waals surface area contributed by atoms with Crippen LogP contribution in [-0.2, 0) is 9.47 Å². The number of nitrogens with one attached hydrogen (secondary N) is 1. The van der Waals surface area contributed by atoms with E-state index in [1.165, 1.54) is 0 Å². The SMILES string of the molecule is COCCC(NC(COC)C(C)C)C(C)C. The van der Waals surface area contributed by atoms with Gasteiger partial charge in [-0.3, -0.25) is 0 Å². The second-order valence-corrected chi connectivity index (χ2v) is 5.10. The summed E-state index contributed by atoms with van der Waals surface area (Å²) in [5, 5.41) is 3.68. The lowest BCUT2D eigenvalue weighted by atomic mass is 9.97. The van der Waals surface area contributed by atoms with Gasteiger partial charge >= 0.3 is 0 Å². The monoisotopic (exact) mass is 231 g/mol. The third-order valence-electron chi connectivity index (χ3n) is 3.02. The van der Waals surface area contributed by atoms with Crippen molar-refractivity contribution in [1.82, 2.24) is 5.32 Å². The third-order valence-corrected chi connectivity index (χ3v) is 3.02. The Morgan fingerprint density at radius 1 is 0.875 bits per heavy atom. The number of methoxy groups -OCH3 is 2. The maximum Gasteiger partial charge on any atom is 0.0618 e. The second-order valence-electron chi connectivity index (χ2n) is 5.10. The highest BCUT2D eigenvalue weighted by atomic mass is 16.5. The molecular weight excluding hydrogens is 202 g/mol. The topological polar surface area (TPSA) is 30.5 Å². The first-order valence-electron chi connectivity index (χ1n) is 6.26. The summed E-state index contributed by atoms with van der Waals surface area (Å²) in [5.74, 6) is 1.21. The summed E-state index contributed by atoms with van der Waals surface area (Å²) in [7, 11) is 3.52. The second kappa shape index (κ2) is 8.97. The molecule has 0 saturated carbocycles. The molecule has 16 heavy (non-hydrogen) atoms. The lowest BCUT2D eigenvalue weighted by molar-refractivity contribution is 0.122. The van der Waals surface area contributed by atoms with E-state index < -0.39 is 0 Å². The molecule has 98 valence electrons. The van der Waals surface area contributed by atoms with Crippen molar-refractivity contribution in [3.8, 4) is 0 Å². The summed E-state index contributed by atoms with van der Waals surface area (Å²) in [4.78, 5) is 0. The minimum absolute atomic E-state index is 0.425. The molecule has 0 fully saturated rings. The summed E-state index contributed by atoms with van der Waals surface area (Å²) in [5.41, 5.74) is 0. The zero-order valence-corrected chi connectivity index (χ0v) is 11.7. The first kappa shape index (κ1) is 15.9. The van der Waals surface area contributed by atoms with E-state index in [-0.39, 0.29) is 0 Å². The Bertz CT molecular complexity index is 160. The summed E-state index contributed by atoms with van der Waals surface area (Å²) in [6.45, 7) is 10.5. The number of ether oxygens (including phenoxy) is 2. The molecule has 2 unspecified atom stereocenters. The van der Waals surface area contributed by atoms with Crippen molar-refractivity contribution in [2.24, 2.45) is 11.8 Å². The lowest BCUT2D eigenvalue weighted by Crippen LogP contribution is -2.46. The first-order chi connectivity index (χ1) is 7.52. The zero-order valence-electron chi connectivity index (χ0n) is 11.7. The average Bonchev–Trinajstić information content (AvgIpc) is 2.21. The van der Waals surface area contributed by atoms with Gasteiger partial charge in [0.25, 0.3) is 0 Å². The largest absolute Gasteiger partial charge is 0.385 e. The Morgan fingerprint density at radius 2 is 1.44 bits per heavy atom. The highest BCUT2D eigenvalue weighted by Gasteiger charge is 2.20. The highest BCUT2D eigenvalue weighted by molar-refractivity contribution is 4.78. The predicted molar refractivity (Wildman–Crippen MR) is 68.8 cm³/mol. The fraction of sp³-hybridized carbons (Fsp3) is 1.00. The molecule has 2 atom stereocenters. The van der Waals surface area contributed by atoms with Crippen molar-refractivity contribution in [1.29, 1.82) is 0 Å². The smallest absolute Gasteiger partial charge is 0.0618 e. The molecule has 0 aliphatic rings. The molecule has 0 amide bonds. The van der Waals surface area contributed by atoms with Crippen LogP contribution in [-0.4, -0.2) is 39.5 Å². The highest BCUT2D eigenvalue weighted by Crippen LogP contribution is 2.11. The molecule has 0 saturated heterocycles. The van der Waals surface area contributed by atoms with Gasteiger partial charge in [-0.25, -0.2) is 0 Å². The summed E-state index contributed by atoms with van der Waals surface area (Å²) in [6.07, 6.45) is 1.06. The van der Waals surface area contributed by atoms with Crippen molar-refractivity contribution >= 4 is 0 Å². The molecule has 0 heterocycles. The first-order valence-corrected chi connectivity index (χ1v) is 6.26. The van der Waals surface area contributed by atoms with Crippen LogP contribution in [0.5, 0.6) is 0 Å². The maximum absolute atomic E-state index is 5.26. The van der Waals surface area contributed by atoms with Crippen molar-refractivity contribution in [2.45, 2.75) is 46.2 Å². The van der Waals surface area contributed by atoms with Gasteiger partial charge in [-0.15, -0.1) is 0 Å². The van der Waals surface area contributed by atoms with Crippen LogP contribution in [0, 0.1) is 11.8 Å². The molecule has 0 bridgehead atoms. The van der Waals surface area contributed by atoms with E-state index in [0.717, 1.165) is 19.6 Å². The van der Waals surface area contributed by atoms with Gasteiger partial charge in [0, 0.05) is 32.9 Å². The van der Waals surface area contributed by atoms with Crippen molar-refractivity contribution < 1.29 is 9.47 Å². The van der Waals surface area contributed by atoms with Gasteiger partial charge in [-0.1, -0.05) is 27.7 Å². The van der Waals surface area contributed by atoms with Gasteiger partial charge in [0.1, 0.15) is 0 Å². The van der Waals surface area contributed by atoms with Gasteiger partial charge in [-0.05, 0) is 18.3 Å². The molecule has 0 aromatic heterocycles. The molecule has 3 nitrogen and oxygen atoms in total. The van der Waals surface area contributed by atoms with Crippen LogP contribution in [0.4, 0.5) is 0 Å². The van der Waals surface area contributed by atoms with Crippen molar-refractivity contribution in [3.63, 3.8) is 0 Å². The molecule has 0 radical (unpaired) electrons. The fourth-order valence-corrected chi connectivity index (χ4v) is 1.74. The average molecular weight is 231 g/mol. The van der Waals surface area contributed by atoms with E-state index in [1.54, 1.807) is 14.2 Å². The molecule has 1 N–H and O–H groups in total. The van der Waals surface area contributed by atoms with Crippen molar-refractivity contribution in [2.75, 3.05) is 27.4 Å². The molecule has 0 aliphatic heterocycles. The number of rotatable bonds is 9. The van der Waals surface area contributed by atoms with E-state index in [1.807, 2.05) is 0 Å². The van der Waals surface area contributed by atoms with E-state index in [4.69, 9.17) is 9.47 Å². The minimum Gasteiger partial charge on any atom is -0.385 e. The van der Waals surface area contributed by atoms with E-state index >= 15 is 0 Å². The van der Waals surface area contributed by atoms with Gasteiger partial charge in [0.2, 0.25) is 0 Å². The van der Waals surface area contributed by atoms with Crippen LogP contribution in [0.25, 0.3) is 0 Å². The molecule has 0 aliphatic carbocycles.